The van der Waals surface area contributed by atoms with Gasteiger partial charge in [-0.25, -0.2) is 4.39 Å². The summed E-state index contributed by atoms with van der Waals surface area (Å²) in [5, 5.41) is 9.42. The van der Waals surface area contributed by atoms with Crippen LogP contribution in [0, 0.1) is 5.82 Å². The molecule has 0 saturated carbocycles. The summed E-state index contributed by atoms with van der Waals surface area (Å²) in [5.74, 6) is 0.322. The predicted molar refractivity (Wildman–Crippen MR) is 82.1 cm³/mol. The molecule has 0 saturated heterocycles. The Morgan fingerprint density at radius 1 is 1.19 bits per heavy atom. The van der Waals surface area contributed by atoms with E-state index < -0.39 is 11.9 Å². The largest absolute Gasteiger partial charge is 0.496 e. The van der Waals surface area contributed by atoms with Crippen LogP contribution in [-0.2, 0) is 6.61 Å². The number of aliphatic hydroxyl groups is 1. The number of methoxy groups -OCH3 is 1. The van der Waals surface area contributed by atoms with Crippen molar-refractivity contribution in [2.75, 3.05) is 7.11 Å². The maximum absolute atomic E-state index is 13.9. The molecule has 0 amide bonds. The quantitative estimate of drug-likeness (QED) is 0.873. The summed E-state index contributed by atoms with van der Waals surface area (Å²) in [6, 6.07) is 9.97. The molecule has 0 unspecified atom stereocenters. The molecule has 1 N–H and O–H groups in total. The Balaban J connectivity index is 2.15. The van der Waals surface area contributed by atoms with Crippen molar-refractivity contribution in [1.82, 2.24) is 0 Å². The fraction of sp³-hybridized carbons (Fsp3) is 0.250. The third kappa shape index (κ3) is 3.95. The van der Waals surface area contributed by atoms with Crippen LogP contribution in [0.2, 0.25) is 0 Å². The van der Waals surface area contributed by atoms with Gasteiger partial charge in [-0.2, -0.15) is 0 Å². The highest BCUT2D eigenvalue weighted by atomic mass is 79.9. The van der Waals surface area contributed by atoms with Gasteiger partial charge in [0.2, 0.25) is 0 Å². The minimum absolute atomic E-state index is 0.140. The van der Waals surface area contributed by atoms with Crippen molar-refractivity contribution in [2.24, 2.45) is 0 Å². The molecule has 0 spiro atoms. The monoisotopic (exact) mass is 354 g/mol. The molecular formula is C16H16BrFO3. The van der Waals surface area contributed by atoms with Crippen molar-refractivity contribution >= 4 is 15.9 Å². The Bertz CT molecular complexity index is 629. The fourth-order valence-electron chi connectivity index (χ4n) is 1.91. The van der Waals surface area contributed by atoms with Gasteiger partial charge in [0.15, 0.2) is 11.6 Å². The van der Waals surface area contributed by atoms with Crippen molar-refractivity contribution in [3.8, 4) is 11.5 Å². The number of hydrogen-bond donors (Lipinski definition) is 1. The second-order valence-corrected chi connectivity index (χ2v) is 5.53. The van der Waals surface area contributed by atoms with Gasteiger partial charge in [0.25, 0.3) is 0 Å². The smallest absolute Gasteiger partial charge is 0.165 e. The van der Waals surface area contributed by atoms with Gasteiger partial charge in [-0.3, -0.25) is 0 Å². The molecule has 5 heteroatoms. The van der Waals surface area contributed by atoms with Crippen molar-refractivity contribution in [2.45, 2.75) is 19.6 Å². The van der Waals surface area contributed by atoms with E-state index in [-0.39, 0.29) is 12.4 Å². The standard InChI is InChI=1S/C16H16BrFO3/c1-10(19)11-3-5-16(14(18)8-11)21-9-12-7-13(17)4-6-15(12)20-2/h3-8,10,19H,9H2,1-2H3/t10-/m0/s1. The first-order valence-corrected chi connectivity index (χ1v) is 7.23. The normalized spacial score (nSPS) is 12.0. The van der Waals surface area contributed by atoms with Crippen LogP contribution in [0.3, 0.4) is 0 Å². The van der Waals surface area contributed by atoms with Crippen LogP contribution >= 0.6 is 15.9 Å². The van der Waals surface area contributed by atoms with Crippen LogP contribution in [0.5, 0.6) is 11.5 Å². The molecule has 0 aliphatic rings. The molecule has 2 rings (SSSR count). The summed E-state index contributed by atoms with van der Waals surface area (Å²) in [7, 11) is 1.57. The lowest BCUT2D eigenvalue weighted by Crippen LogP contribution is -2.01. The first-order valence-electron chi connectivity index (χ1n) is 6.44. The van der Waals surface area contributed by atoms with E-state index in [0.29, 0.717) is 11.3 Å². The third-order valence-electron chi connectivity index (χ3n) is 3.06. The number of halogens is 2. The van der Waals surface area contributed by atoms with E-state index in [1.165, 1.54) is 12.1 Å². The average molecular weight is 355 g/mol. The number of benzene rings is 2. The van der Waals surface area contributed by atoms with E-state index in [9.17, 15) is 9.50 Å². The summed E-state index contributed by atoms with van der Waals surface area (Å²) < 4.78 is 25.5. The first kappa shape index (κ1) is 15.8. The summed E-state index contributed by atoms with van der Waals surface area (Å²) in [6.07, 6.45) is -0.710. The molecule has 0 fully saturated rings. The Morgan fingerprint density at radius 3 is 2.52 bits per heavy atom. The molecule has 21 heavy (non-hydrogen) atoms. The minimum Gasteiger partial charge on any atom is -0.496 e. The lowest BCUT2D eigenvalue weighted by atomic mass is 10.1. The van der Waals surface area contributed by atoms with E-state index in [4.69, 9.17) is 9.47 Å². The molecule has 2 aromatic rings. The maximum Gasteiger partial charge on any atom is 0.165 e. The second-order valence-electron chi connectivity index (χ2n) is 4.61. The summed E-state index contributed by atoms with van der Waals surface area (Å²) in [6.45, 7) is 1.77. The van der Waals surface area contributed by atoms with Crippen LogP contribution < -0.4 is 9.47 Å². The summed E-state index contributed by atoms with van der Waals surface area (Å²) in [5.41, 5.74) is 1.32. The van der Waals surface area contributed by atoms with Crippen molar-refractivity contribution in [1.29, 1.82) is 0 Å². The van der Waals surface area contributed by atoms with Crippen molar-refractivity contribution < 1.29 is 19.0 Å². The zero-order valence-corrected chi connectivity index (χ0v) is 13.4. The highest BCUT2D eigenvalue weighted by Crippen LogP contribution is 2.26. The summed E-state index contributed by atoms with van der Waals surface area (Å²) >= 11 is 3.38. The zero-order valence-electron chi connectivity index (χ0n) is 11.8. The van der Waals surface area contributed by atoms with Gasteiger partial charge < -0.3 is 14.6 Å². The lowest BCUT2D eigenvalue weighted by molar-refractivity contribution is 0.198. The SMILES string of the molecule is COc1ccc(Br)cc1COc1ccc([C@H](C)O)cc1F. The molecule has 2 aromatic carbocycles. The zero-order chi connectivity index (χ0) is 15.4. The second kappa shape index (κ2) is 6.91. The molecule has 0 aromatic heterocycles. The van der Waals surface area contributed by atoms with Gasteiger partial charge in [0.1, 0.15) is 12.4 Å². The molecule has 112 valence electrons. The molecule has 0 bridgehead atoms. The first-order chi connectivity index (χ1) is 10.0. The van der Waals surface area contributed by atoms with Crippen LogP contribution in [0.1, 0.15) is 24.2 Å². The van der Waals surface area contributed by atoms with Crippen LogP contribution in [0.4, 0.5) is 4.39 Å². The van der Waals surface area contributed by atoms with E-state index in [1.54, 1.807) is 20.1 Å². The van der Waals surface area contributed by atoms with E-state index in [2.05, 4.69) is 15.9 Å². The van der Waals surface area contributed by atoms with Gasteiger partial charge in [-0.1, -0.05) is 22.0 Å². The molecule has 3 nitrogen and oxygen atoms in total. The van der Waals surface area contributed by atoms with Gasteiger partial charge in [-0.05, 0) is 42.8 Å². The van der Waals surface area contributed by atoms with Crippen LogP contribution in [0.25, 0.3) is 0 Å². The molecule has 0 heterocycles. The van der Waals surface area contributed by atoms with Crippen LogP contribution in [0.15, 0.2) is 40.9 Å². The predicted octanol–water partition coefficient (Wildman–Crippen LogP) is 4.23. The van der Waals surface area contributed by atoms with E-state index in [0.717, 1.165) is 10.0 Å². The Labute approximate surface area is 131 Å². The Kier molecular flexibility index (Phi) is 5.20. The van der Waals surface area contributed by atoms with E-state index >= 15 is 0 Å². The Hall–Kier alpha value is -1.59. The molecule has 0 aliphatic heterocycles. The molecule has 0 radical (unpaired) electrons. The van der Waals surface area contributed by atoms with Gasteiger partial charge in [-0.15, -0.1) is 0 Å². The molecular weight excluding hydrogens is 339 g/mol. The number of aliphatic hydroxyl groups excluding tert-OH is 1. The maximum atomic E-state index is 13.9. The van der Waals surface area contributed by atoms with Gasteiger partial charge in [0, 0.05) is 10.0 Å². The minimum atomic E-state index is -0.710. The molecule has 1 atom stereocenters. The van der Waals surface area contributed by atoms with Gasteiger partial charge in [0.05, 0.1) is 13.2 Å². The van der Waals surface area contributed by atoms with Crippen molar-refractivity contribution in [3.63, 3.8) is 0 Å². The highest BCUT2D eigenvalue weighted by Gasteiger charge is 2.10. The number of hydrogen-bond acceptors (Lipinski definition) is 3. The summed E-state index contributed by atoms with van der Waals surface area (Å²) in [4.78, 5) is 0. The fourth-order valence-corrected chi connectivity index (χ4v) is 2.32. The average Bonchev–Trinajstić information content (AvgIpc) is 2.46. The topological polar surface area (TPSA) is 38.7 Å². The lowest BCUT2D eigenvalue weighted by Gasteiger charge is -2.12. The molecule has 0 aliphatic carbocycles. The van der Waals surface area contributed by atoms with Crippen molar-refractivity contribution in [3.05, 3.63) is 57.8 Å². The Morgan fingerprint density at radius 2 is 1.90 bits per heavy atom. The van der Waals surface area contributed by atoms with Crippen LogP contribution in [-0.4, -0.2) is 12.2 Å². The van der Waals surface area contributed by atoms with Gasteiger partial charge >= 0.3 is 0 Å². The van der Waals surface area contributed by atoms with E-state index in [1.807, 2.05) is 18.2 Å². The highest BCUT2D eigenvalue weighted by molar-refractivity contribution is 9.10. The third-order valence-corrected chi connectivity index (χ3v) is 3.56. The number of ether oxygens (including phenoxy) is 2. The number of rotatable bonds is 5.